The van der Waals surface area contributed by atoms with Crippen LogP contribution in [0.1, 0.15) is 26.7 Å². The van der Waals surface area contributed by atoms with Crippen LogP contribution in [0.25, 0.3) is 0 Å². The lowest BCUT2D eigenvalue weighted by molar-refractivity contribution is -0.115. The number of carbonyl (C=O) groups excluding carboxylic acids is 1. The van der Waals surface area contributed by atoms with Crippen LogP contribution in [0.15, 0.2) is 28.7 Å². The van der Waals surface area contributed by atoms with Gasteiger partial charge in [0, 0.05) is 16.7 Å². The Morgan fingerprint density at radius 1 is 1.25 bits per heavy atom. The molecule has 0 bridgehead atoms. The molecule has 0 radical (unpaired) electrons. The highest BCUT2D eigenvalue weighted by Crippen LogP contribution is 2.14. The average molecular weight is 343 g/mol. The second-order valence-electron chi connectivity index (χ2n) is 4.83. The smallest absolute Gasteiger partial charge is 0.238 e. The summed E-state index contributed by atoms with van der Waals surface area (Å²) in [6.07, 6.45) is 1.50. The van der Waals surface area contributed by atoms with E-state index in [0.29, 0.717) is 6.54 Å². The molecule has 0 heterocycles. The Morgan fingerprint density at radius 2 is 1.85 bits per heavy atom. The van der Waals surface area contributed by atoms with Gasteiger partial charge in [0.2, 0.25) is 5.91 Å². The third-order valence-electron chi connectivity index (χ3n) is 3.36. The Hall–Kier alpha value is -0.910. The van der Waals surface area contributed by atoms with Crippen LogP contribution in [-0.2, 0) is 4.79 Å². The summed E-state index contributed by atoms with van der Waals surface area (Å²) < 4.78 is 0.974. The Bertz CT molecular complexity index is 405. The molecule has 1 rings (SSSR count). The van der Waals surface area contributed by atoms with Gasteiger partial charge in [-0.15, -0.1) is 0 Å². The number of benzene rings is 1. The van der Waals surface area contributed by atoms with Gasteiger partial charge in [0.1, 0.15) is 0 Å². The molecular weight excluding hydrogens is 320 g/mol. The van der Waals surface area contributed by atoms with Gasteiger partial charge in [-0.25, -0.2) is 0 Å². The Kier molecular flexibility index (Phi) is 7.80. The Labute approximate surface area is 129 Å². The van der Waals surface area contributed by atoms with E-state index in [0.717, 1.165) is 23.0 Å². The number of aliphatic hydroxyl groups is 1. The minimum Gasteiger partial charge on any atom is -0.392 e. The van der Waals surface area contributed by atoms with Crippen LogP contribution >= 0.6 is 15.9 Å². The van der Waals surface area contributed by atoms with E-state index in [1.165, 1.54) is 0 Å². The fraction of sp³-hybridized carbons (Fsp3) is 0.533. The van der Waals surface area contributed by atoms with Crippen molar-refractivity contribution in [2.75, 3.05) is 18.4 Å². The number of nitrogens with one attached hydrogen (secondary N) is 2. The van der Waals surface area contributed by atoms with Crippen molar-refractivity contribution in [3.8, 4) is 0 Å². The van der Waals surface area contributed by atoms with Gasteiger partial charge in [0.15, 0.2) is 0 Å². The maximum atomic E-state index is 11.7. The van der Waals surface area contributed by atoms with E-state index in [1.807, 2.05) is 24.3 Å². The third kappa shape index (κ3) is 6.03. The van der Waals surface area contributed by atoms with Gasteiger partial charge < -0.3 is 15.7 Å². The van der Waals surface area contributed by atoms with Crippen LogP contribution < -0.4 is 10.6 Å². The summed E-state index contributed by atoms with van der Waals surface area (Å²) in [5, 5.41) is 15.7. The van der Waals surface area contributed by atoms with Crippen LogP contribution in [0.2, 0.25) is 0 Å². The molecule has 4 nitrogen and oxygen atoms in total. The van der Waals surface area contributed by atoms with E-state index in [2.05, 4.69) is 40.4 Å². The van der Waals surface area contributed by atoms with Gasteiger partial charge in [-0.1, -0.05) is 42.6 Å². The molecule has 0 aromatic heterocycles. The molecule has 1 unspecified atom stereocenters. The molecule has 0 aliphatic rings. The van der Waals surface area contributed by atoms with Crippen LogP contribution in [0, 0.1) is 5.92 Å². The van der Waals surface area contributed by atoms with Crippen LogP contribution in [0.4, 0.5) is 5.69 Å². The monoisotopic (exact) mass is 342 g/mol. The lowest BCUT2D eigenvalue weighted by Gasteiger charge is -2.20. The second-order valence-corrected chi connectivity index (χ2v) is 5.75. The van der Waals surface area contributed by atoms with Gasteiger partial charge in [0.25, 0.3) is 0 Å². The number of rotatable bonds is 8. The SMILES string of the molecule is CCC(CC)C(O)CNCC(=O)Nc1ccc(Br)cc1. The molecule has 1 atom stereocenters. The van der Waals surface area contributed by atoms with E-state index in [9.17, 15) is 9.90 Å². The zero-order valence-electron chi connectivity index (χ0n) is 12.0. The van der Waals surface area contributed by atoms with Crippen molar-refractivity contribution >= 4 is 27.5 Å². The summed E-state index contributed by atoms with van der Waals surface area (Å²) in [7, 11) is 0. The predicted molar refractivity (Wildman–Crippen MR) is 85.7 cm³/mol. The number of carbonyl (C=O) groups is 1. The van der Waals surface area contributed by atoms with Crippen molar-refractivity contribution in [3.63, 3.8) is 0 Å². The van der Waals surface area contributed by atoms with Gasteiger partial charge in [-0.2, -0.15) is 0 Å². The predicted octanol–water partition coefficient (Wildman–Crippen LogP) is 2.77. The van der Waals surface area contributed by atoms with Crippen LogP contribution in [-0.4, -0.2) is 30.2 Å². The fourth-order valence-electron chi connectivity index (χ4n) is 2.07. The van der Waals surface area contributed by atoms with E-state index in [4.69, 9.17) is 0 Å². The van der Waals surface area contributed by atoms with Crippen molar-refractivity contribution in [1.82, 2.24) is 5.32 Å². The minimum atomic E-state index is -0.398. The first-order valence-electron chi connectivity index (χ1n) is 7.01. The van der Waals surface area contributed by atoms with E-state index >= 15 is 0 Å². The highest BCUT2D eigenvalue weighted by molar-refractivity contribution is 9.10. The quantitative estimate of drug-likeness (QED) is 0.680. The van der Waals surface area contributed by atoms with Gasteiger partial charge in [0.05, 0.1) is 12.6 Å². The normalized spacial score (nSPS) is 12.4. The topological polar surface area (TPSA) is 61.4 Å². The van der Waals surface area contributed by atoms with E-state index < -0.39 is 6.10 Å². The molecule has 112 valence electrons. The number of hydrogen-bond donors (Lipinski definition) is 3. The number of anilines is 1. The number of halogens is 1. The summed E-state index contributed by atoms with van der Waals surface area (Å²) in [6, 6.07) is 7.42. The molecule has 0 aliphatic carbocycles. The standard InChI is InChI=1S/C15H23BrN2O2/c1-3-11(4-2)14(19)9-17-10-15(20)18-13-7-5-12(16)6-8-13/h5-8,11,14,17,19H,3-4,9-10H2,1-2H3,(H,18,20). The summed E-state index contributed by atoms with van der Waals surface area (Å²) in [5.41, 5.74) is 0.764. The molecular formula is C15H23BrN2O2. The second kappa shape index (κ2) is 9.10. The number of aliphatic hydroxyl groups excluding tert-OH is 1. The first kappa shape index (κ1) is 17.1. The number of amides is 1. The maximum Gasteiger partial charge on any atom is 0.238 e. The van der Waals surface area contributed by atoms with E-state index in [-0.39, 0.29) is 18.4 Å². The van der Waals surface area contributed by atoms with Crippen molar-refractivity contribution in [2.24, 2.45) is 5.92 Å². The third-order valence-corrected chi connectivity index (χ3v) is 3.89. The van der Waals surface area contributed by atoms with Gasteiger partial charge >= 0.3 is 0 Å². The van der Waals surface area contributed by atoms with Crippen molar-refractivity contribution in [2.45, 2.75) is 32.8 Å². The first-order valence-corrected chi connectivity index (χ1v) is 7.80. The molecule has 1 amide bonds. The zero-order valence-corrected chi connectivity index (χ0v) is 13.6. The maximum absolute atomic E-state index is 11.7. The lowest BCUT2D eigenvalue weighted by atomic mass is 9.97. The molecule has 0 spiro atoms. The van der Waals surface area contributed by atoms with Gasteiger partial charge in [-0.05, 0) is 30.2 Å². The summed E-state index contributed by atoms with van der Waals surface area (Å²) in [4.78, 5) is 11.7. The minimum absolute atomic E-state index is 0.107. The van der Waals surface area contributed by atoms with Crippen molar-refractivity contribution in [3.05, 3.63) is 28.7 Å². The van der Waals surface area contributed by atoms with Crippen LogP contribution in [0.3, 0.4) is 0 Å². The largest absolute Gasteiger partial charge is 0.392 e. The van der Waals surface area contributed by atoms with E-state index in [1.54, 1.807) is 0 Å². The molecule has 0 saturated heterocycles. The Balaban J connectivity index is 2.28. The molecule has 20 heavy (non-hydrogen) atoms. The van der Waals surface area contributed by atoms with Crippen molar-refractivity contribution < 1.29 is 9.90 Å². The molecule has 5 heteroatoms. The fourth-order valence-corrected chi connectivity index (χ4v) is 2.34. The first-order chi connectivity index (χ1) is 9.56. The summed E-state index contributed by atoms with van der Waals surface area (Å²) in [6.45, 7) is 4.78. The summed E-state index contributed by atoms with van der Waals surface area (Å²) >= 11 is 3.34. The average Bonchev–Trinajstić information content (AvgIpc) is 2.43. The lowest BCUT2D eigenvalue weighted by Crippen LogP contribution is -2.36. The summed E-state index contributed by atoms with van der Waals surface area (Å²) in [5.74, 6) is 0.182. The Morgan fingerprint density at radius 3 is 2.40 bits per heavy atom. The van der Waals surface area contributed by atoms with Crippen LogP contribution in [0.5, 0.6) is 0 Å². The molecule has 0 fully saturated rings. The molecule has 0 aliphatic heterocycles. The highest BCUT2D eigenvalue weighted by atomic mass is 79.9. The van der Waals surface area contributed by atoms with Gasteiger partial charge in [-0.3, -0.25) is 4.79 Å². The number of hydrogen-bond acceptors (Lipinski definition) is 3. The molecule has 1 aromatic rings. The molecule has 3 N–H and O–H groups in total. The highest BCUT2D eigenvalue weighted by Gasteiger charge is 2.15. The molecule has 1 aromatic carbocycles. The zero-order chi connectivity index (χ0) is 15.0. The van der Waals surface area contributed by atoms with Crippen molar-refractivity contribution in [1.29, 1.82) is 0 Å². The molecule has 0 saturated carbocycles.